The Morgan fingerprint density at radius 3 is 2.39 bits per heavy atom. The largest absolute Gasteiger partial charge is 0.348 e. The highest BCUT2D eigenvalue weighted by molar-refractivity contribution is 6.30. The van der Waals surface area contributed by atoms with Crippen LogP contribution in [0.5, 0.6) is 0 Å². The summed E-state index contributed by atoms with van der Waals surface area (Å²) in [7, 11) is 2.02. The van der Waals surface area contributed by atoms with E-state index >= 15 is 0 Å². The van der Waals surface area contributed by atoms with Crippen LogP contribution in [0.2, 0.25) is 5.15 Å². The van der Waals surface area contributed by atoms with Crippen LogP contribution in [-0.2, 0) is 6.42 Å². The van der Waals surface area contributed by atoms with Crippen molar-refractivity contribution < 1.29 is 0 Å². The van der Waals surface area contributed by atoms with Gasteiger partial charge in [-0.15, -0.1) is 0 Å². The lowest BCUT2D eigenvalue weighted by Gasteiger charge is -2.34. The van der Waals surface area contributed by atoms with E-state index in [1.54, 1.807) is 5.01 Å². The van der Waals surface area contributed by atoms with Gasteiger partial charge in [0, 0.05) is 26.2 Å². The zero-order chi connectivity index (χ0) is 13.3. The van der Waals surface area contributed by atoms with E-state index in [-0.39, 0.29) is 10.7 Å². The van der Waals surface area contributed by atoms with Gasteiger partial charge in [-0.2, -0.15) is 4.68 Å². The molecule has 1 aliphatic heterocycles. The molecule has 0 amide bonds. The molecule has 0 atom stereocenters. The summed E-state index contributed by atoms with van der Waals surface area (Å²) in [5.74, 6) is 0. The SMILES string of the molecule is CCc1c(Cl)[nH]c(=O)n(N2CCN(C)CC2)c1=O. The normalized spacial score (nSPS) is 17.2. The van der Waals surface area contributed by atoms with Gasteiger partial charge in [-0.05, 0) is 13.5 Å². The van der Waals surface area contributed by atoms with Gasteiger partial charge in [0.2, 0.25) is 0 Å². The maximum absolute atomic E-state index is 12.2. The number of hydrogen-bond acceptors (Lipinski definition) is 4. The lowest BCUT2D eigenvalue weighted by atomic mass is 10.2. The zero-order valence-electron chi connectivity index (χ0n) is 10.6. The third-order valence-electron chi connectivity index (χ3n) is 3.24. The van der Waals surface area contributed by atoms with Crippen molar-refractivity contribution in [1.29, 1.82) is 0 Å². The summed E-state index contributed by atoms with van der Waals surface area (Å²) in [6.07, 6.45) is 0.502. The standard InChI is InChI=1S/C11H17ClN4O2/c1-3-8-9(12)13-11(18)16(10(8)17)15-6-4-14(2)5-7-15/h3-7H2,1-2H3,(H,13,18). The molecule has 1 aliphatic rings. The summed E-state index contributed by atoms with van der Waals surface area (Å²) in [5, 5.41) is 1.93. The summed E-state index contributed by atoms with van der Waals surface area (Å²) < 4.78 is 1.18. The number of halogens is 1. The Bertz CT molecular complexity index is 543. The number of nitrogens with one attached hydrogen (secondary N) is 1. The van der Waals surface area contributed by atoms with Gasteiger partial charge in [0.25, 0.3) is 5.56 Å². The predicted molar refractivity (Wildman–Crippen MR) is 71.2 cm³/mol. The van der Waals surface area contributed by atoms with Crippen molar-refractivity contribution in [3.63, 3.8) is 0 Å². The molecule has 100 valence electrons. The molecule has 0 radical (unpaired) electrons. The van der Waals surface area contributed by atoms with Crippen LogP contribution < -0.4 is 16.3 Å². The molecule has 0 saturated carbocycles. The second-order valence-corrected chi connectivity index (χ2v) is 4.83. The summed E-state index contributed by atoms with van der Waals surface area (Å²) in [6, 6.07) is 0. The van der Waals surface area contributed by atoms with Crippen LogP contribution in [0.1, 0.15) is 12.5 Å². The van der Waals surface area contributed by atoms with Gasteiger partial charge in [-0.3, -0.25) is 9.78 Å². The average Bonchev–Trinajstić information content (AvgIpc) is 2.31. The van der Waals surface area contributed by atoms with E-state index in [0.717, 1.165) is 13.1 Å². The van der Waals surface area contributed by atoms with Crippen molar-refractivity contribution in [1.82, 2.24) is 14.6 Å². The van der Waals surface area contributed by atoms with Crippen molar-refractivity contribution in [2.24, 2.45) is 0 Å². The van der Waals surface area contributed by atoms with Crippen molar-refractivity contribution in [3.05, 3.63) is 31.6 Å². The molecule has 0 aliphatic carbocycles. The van der Waals surface area contributed by atoms with Crippen LogP contribution >= 0.6 is 11.6 Å². The fourth-order valence-corrected chi connectivity index (χ4v) is 2.39. The minimum absolute atomic E-state index is 0.151. The highest BCUT2D eigenvalue weighted by atomic mass is 35.5. The molecule has 1 aromatic rings. The molecule has 6 nitrogen and oxygen atoms in total. The minimum Gasteiger partial charge on any atom is -0.303 e. The Morgan fingerprint density at radius 2 is 1.83 bits per heavy atom. The van der Waals surface area contributed by atoms with Gasteiger partial charge in [0.05, 0.1) is 5.56 Å². The molecule has 0 spiro atoms. The predicted octanol–water partition coefficient (Wildman–Crippen LogP) is -0.364. The molecule has 0 aromatic carbocycles. The molecular formula is C11H17ClN4O2. The number of H-pyrrole nitrogens is 1. The Balaban J connectivity index is 2.45. The summed E-state index contributed by atoms with van der Waals surface area (Å²) >= 11 is 5.87. The van der Waals surface area contributed by atoms with Crippen LogP contribution in [0.4, 0.5) is 0 Å². The molecular weight excluding hydrogens is 256 g/mol. The molecule has 1 N–H and O–H groups in total. The number of likely N-dealkylation sites (N-methyl/N-ethyl adjacent to an activating group) is 1. The van der Waals surface area contributed by atoms with Gasteiger partial charge in [0.15, 0.2) is 0 Å². The first-order chi connectivity index (χ1) is 8.54. The maximum Gasteiger partial charge on any atom is 0.348 e. The van der Waals surface area contributed by atoms with E-state index in [2.05, 4.69) is 9.88 Å². The van der Waals surface area contributed by atoms with Crippen molar-refractivity contribution in [3.8, 4) is 0 Å². The highest BCUT2D eigenvalue weighted by Gasteiger charge is 2.19. The summed E-state index contributed by atoms with van der Waals surface area (Å²) in [4.78, 5) is 28.8. The average molecular weight is 273 g/mol. The lowest BCUT2D eigenvalue weighted by molar-refractivity contribution is 0.282. The first-order valence-electron chi connectivity index (χ1n) is 6.02. The molecule has 0 unspecified atom stereocenters. The maximum atomic E-state index is 12.2. The smallest absolute Gasteiger partial charge is 0.303 e. The molecule has 1 aromatic heterocycles. The first kappa shape index (κ1) is 13.2. The van der Waals surface area contributed by atoms with Crippen LogP contribution in [0, 0.1) is 0 Å². The Kier molecular flexibility index (Phi) is 3.77. The van der Waals surface area contributed by atoms with Gasteiger partial charge < -0.3 is 9.91 Å². The van der Waals surface area contributed by atoms with Crippen LogP contribution in [-0.4, -0.2) is 47.8 Å². The second-order valence-electron chi connectivity index (χ2n) is 4.45. The quantitative estimate of drug-likeness (QED) is 0.747. The van der Waals surface area contributed by atoms with Crippen LogP contribution in [0.25, 0.3) is 0 Å². The number of piperazine rings is 1. The Morgan fingerprint density at radius 1 is 1.22 bits per heavy atom. The summed E-state index contributed by atoms with van der Waals surface area (Å²) in [6.45, 7) is 4.82. The van der Waals surface area contributed by atoms with E-state index in [0.29, 0.717) is 25.1 Å². The molecule has 7 heteroatoms. The molecule has 1 saturated heterocycles. The van der Waals surface area contributed by atoms with E-state index in [1.165, 1.54) is 4.68 Å². The van der Waals surface area contributed by atoms with Crippen LogP contribution in [0.15, 0.2) is 9.59 Å². The molecule has 2 rings (SSSR count). The third kappa shape index (κ3) is 2.30. The molecule has 2 heterocycles. The summed E-state index contributed by atoms with van der Waals surface area (Å²) in [5.41, 5.74) is -0.322. The highest BCUT2D eigenvalue weighted by Crippen LogP contribution is 2.06. The van der Waals surface area contributed by atoms with E-state index in [4.69, 9.17) is 11.6 Å². The number of nitrogens with zero attached hydrogens (tertiary/aromatic N) is 3. The Labute approximate surface area is 110 Å². The molecule has 18 heavy (non-hydrogen) atoms. The zero-order valence-corrected chi connectivity index (χ0v) is 11.3. The monoisotopic (exact) mass is 272 g/mol. The fraction of sp³-hybridized carbons (Fsp3) is 0.636. The fourth-order valence-electron chi connectivity index (χ4n) is 2.10. The van der Waals surface area contributed by atoms with Crippen LogP contribution in [0.3, 0.4) is 0 Å². The van der Waals surface area contributed by atoms with Gasteiger partial charge in [0.1, 0.15) is 5.15 Å². The van der Waals surface area contributed by atoms with Gasteiger partial charge in [-0.25, -0.2) is 4.79 Å². The second kappa shape index (κ2) is 5.16. The number of rotatable bonds is 2. The van der Waals surface area contributed by atoms with Gasteiger partial charge >= 0.3 is 5.69 Å². The van der Waals surface area contributed by atoms with Crippen molar-refractivity contribution in [2.75, 3.05) is 38.2 Å². The molecule has 1 fully saturated rings. The third-order valence-corrected chi connectivity index (χ3v) is 3.56. The minimum atomic E-state index is -0.466. The number of hydrogen-bond donors (Lipinski definition) is 1. The van der Waals surface area contributed by atoms with Crippen molar-refractivity contribution >= 4 is 11.6 Å². The van der Waals surface area contributed by atoms with Crippen molar-refractivity contribution in [2.45, 2.75) is 13.3 Å². The van der Waals surface area contributed by atoms with E-state index in [1.807, 2.05) is 14.0 Å². The van der Waals surface area contributed by atoms with Gasteiger partial charge in [-0.1, -0.05) is 18.5 Å². The topological polar surface area (TPSA) is 61.3 Å². The van der Waals surface area contributed by atoms with E-state index in [9.17, 15) is 9.59 Å². The lowest BCUT2D eigenvalue weighted by Crippen LogP contribution is -2.58. The van der Waals surface area contributed by atoms with E-state index < -0.39 is 5.69 Å². The number of aromatic nitrogens is 2. The molecule has 0 bridgehead atoms. The first-order valence-corrected chi connectivity index (χ1v) is 6.40. The number of aromatic amines is 1. The Hall–Kier alpha value is -1.27.